The van der Waals surface area contributed by atoms with Crippen LogP contribution in [0.25, 0.3) is 0 Å². The molecule has 0 unspecified atom stereocenters. The highest BCUT2D eigenvalue weighted by atomic mass is 16.6. The van der Waals surface area contributed by atoms with E-state index < -0.39 is 30.3 Å². The van der Waals surface area contributed by atoms with Crippen molar-refractivity contribution < 1.29 is 19.4 Å². The second-order valence-corrected chi connectivity index (χ2v) is 7.90. The molecule has 0 heterocycles. The van der Waals surface area contributed by atoms with Gasteiger partial charge in [0.15, 0.2) is 0 Å². The Morgan fingerprint density at radius 2 is 1.78 bits per heavy atom. The van der Waals surface area contributed by atoms with E-state index in [-0.39, 0.29) is 0 Å². The molecular weight excluding hydrogens is 346 g/mol. The van der Waals surface area contributed by atoms with Crippen LogP contribution in [0.5, 0.6) is 0 Å². The fourth-order valence-corrected chi connectivity index (χ4v) is 3.05. The van der Waals surface area contributed by atoms with Crippen molar-refractivity contribution in [2.75, 3.05) is 17.2 Å². The van der Waals surface area contributed by atoms with E-state index >= 15 is 0 Å². The Hall–Kier alpha value is -2.28. The third-order valence-corrected chi connectivity index (χ3v) is 4.34. The molecule has 1 fully saturated rings. The summed E-state index contributed by atoms with van der Waals surface area (Å²) in [5.74, 6) is -0.499. The summed E-state index contributed by atoms with van der Waals surface area (Å²) in [7, 11) is 0. The van der Waals surface area contributed by atoms with Crippen LogP contribution in [0, 0.1) is 0 Å². The van der Waals surface area contributed by atoms with Gasteiger partial charge in [-0.15, -0.1) is 0 Å². The van der Waals surface area contributed by atoms with E-state index in [9.17, 15) is 14.7 Å². The molecule has 1 aromatic carbocycles. The molecule has 1 atom stereocenters. The van der Waals surface area contributed by atoms with Crippen molar-refractivity contribution in [3.05, 3.63) is 24.3 Å². The van der Waals surface area contributed by atoms with Gasteiger partial charge in [-0.2, -0.15) is 0 Å². The number of hydrogen-bond donors (Lipinski definition) is 4. The summed E-state index contributed by atoms with van der Waals surface area (Å²) in [6.07, 6.45) is 5.16. The van der Waals surface area contributed by atoms with E-state index in [0.29, 0.717) is 11.7 Å². The van der Waals surface area contributed by atoms with E-state index in [1.807, 2.05) is 18.2 Å². The number of alkyl carbamates (subject to hydrolysis) is 1. The van der Waals surface area contributed by atoms with Crippen molar-refractivity contribution >= 4 is 23.4 Å². The molecule has 1 aliphatic rings. The van der Waals surface area contributed by atoms with Crippen molar-refractivity contribution in [1.82, 2.24) is 5.32 Å². The fourth-order valence-electron chi connectivity index (χ4n) is 3.05. The summed E-state index contributed by atoms with van der Waals surface area (Å²) in [5.41, 5.74) is 0.779. The van der Waals surface area contributed by atoms with Gasteiger partial charge in [0.25, 0.3) is 0 Å². The van der Waals surface area contributed by atoms with E-state index in [4.69, 9.17) is 4.74 Å². The molecule has 7 nitrogen and oxygen atoms in total. The normalized spacial score (nSPS) is 16.3. The zero-order valence-electron chi connectivity index (χ0n) is 16.4. The van der Waals surface area contributed by atoms with Gasteiger partial charge in [-0.3, -0.25) is 4.79 Å². The zero-order valence-corrected chi connectivity index (χ0v) is 16.4. The lowest BCUT2D eigenvalue weighted by molar-refractivity contribution is -0.119. The molecule has 2 amide bonds. The van der Waals surface area contributed by atoms with Gasteiger partial charge in [-0.1, -0.05) is 31.4 Å². The molecule has 0 aliphatic heterocycles. The number of nitrogens with one attached hydrogen (secondary N) is 3. The maximum Gasteiger partial charge on any atom is 0.408 e. The second-order valence-electron chi connectivity index (χ2n) is 7.90. The number of aliphatic hydroxyl groups is 1. The van der Waals surface area contributed by atoms with Gasteiger partial charge in [-0.05, 0) is 45.7 Å². The summed E-state index contributed by atoms with van der Waals surface area (Å²) in [6.45, 7) is 4.67. The first kappa shape index (κ1) is 21.0. The first-order valence-corrected chi connectivity index (χ1v) is 9.55. The molecule has 1 aliphatic carbocycles. The first-order chi connectivity index (χ1) is 12.8. The van der Waals surface area contributed by atoms with E-state index in [1.165, 1.54) is 19.3 Å². The molecule has 0 aromatic heterocycles. The van der Waals surface area contributed by atoms with E-state index in [1.54, 1.807) is 26.8 Å². The number of ether oxygens (including phenoxy) is 1. The van der Waals surface area contributed by atoms with Crippen LogP contribution in [0.15, 0.2) is 24.3 Å². The second kappa shape index (κ2) is 9.60. The molecule has 1 saturated carbocycles. The van der Waals surface area contributed by atoms with Crippen LogP contribution in [-0.4, -0.2) is 41.4 Å². The van der Waals surface area contributed by atoms with Gasteiger partial charge in [0.1, 0.15) is 11.6 Å². The summed E-state index contributed by atoms with van der Waals surface area (Å²) in [4.78, 5) is 24.4. The van der Waals surface area contributed by atoms with Crippen molar-refractivity contribution in [3.8, 4) is 0 Å². The Morgan fingerprint density at radius 1 is 1.15 bits per heavy atom. The van der Waals surface area contributed by atoms with Gasteiger partial charge in [0.2, 0.25) is 5.91 Å². The standard InChI is InChI=1S/C20H31N3O4/c1-20(2,3)27-19(26)23-17(13-24)18(25)22-16-12-8-7-11-15(16)21-14-9-5-4-6-10-14/h7-8,11-12,14,17,21,24H,4-6,9-10,13H2,1-3H3,(H,22,25)(H,23,26)/t17-/m1/s1. The third-order valence-electron chi connectivity index (χ3n) is 4.34. The summed E-state index contributed by atoms with van der Waals surface area (Å²) in [6, 6.07) is 6.75. The lowest BCUT2D eigenvalue weighted by Gasteiger charge is -2.26. The van der Waals surface area contributed by atoms with Crippen molar-refractivity contribution in [2.45, 2.75) is 70.6 Å². The van der Waals surface area contributed by atoms with Gasteiger partial charge < -0.3 is 25.8 Å². The Bertz CT molecular complexity index is 636. The minimum atomic E-state index is -1.09. The average molecular weight is 377 g/mol. The number of aliphatic hydroxyl groups excluding tert-OH is 1. The van der Waals surface area contributed by atoms with Crippen molar-refractivity contribution in [3.63, 3.8) is 0 Å². The number of para-hydroxylation sites is 2. The first-order valence-electron chi connectivity index (χ1n) is 9.55. The molecule has 0 spiro atoms. The van der Waals surface area contributed by atoms with Crippen LogP contribution < -0.4 is 16.0 Å². The van der Waals surface area contributed by atoms with Crippen LogP contribution in [-0.2, 0) is 9.53 Å². The van der Waals surface area contributed by atoms with E-state index in [0.717, 1.165) is 18.5 Å². The molecule has 0 saturated heterocycles. The van der Waals surface area contributed by atoms with Crippen molar-refractivity contribution in [2.24, 2.45) is 0 Å². The lowest BCUT2D eigenvalue weighted by atomic mass is 9.95. The monoisotopic (exact) mass is 377 g/mol. The third kappa shape index (κ3) is 7.09. The van der Waals surface area contributed by atoms with Gasteiger partial charge in [0.05, 0.1) is 18.0 Å². The predicted molar refractivity (Wildman–Crippen MR) is 106 cm³/mol. The predicted octanol–water partition coefficient (Wildman–Crippen LogP) is 3.26. The summed E-state index contributed by atoms with van der Waals surface area (Å²) < 4.78 is 5.14. The Kier molecular flexibility index (Phi) is 7.47. The minimum absolute atomic E-state index is 0.394. The van der Waals surface area contributed by atoms with Crippen LogP contribution >= 0.6 is 0 Å². The van der Waals surface area contributed by atoms with Crippen LogP contribution in [0.3, 0.4) is 0 Å². The van der Waals surface area contributed by atoms with Crippen molar-refractivity contribution in [1.29, 1.82) is 0 Å². The van der Waals surface area contributed by atoms with Gasteiger partial charge in [0, 0.05) is 6.04 Å². The lowest BCUT2D eigenvalue weighted by Crippen LogP contribution is -2.47. The average Bonchev–Trinajstić information content (AvgIpc) is 2.60. The molecule has 4 N–H and O–H groups in total. The highest BCUT2D eigenvalue weighted by Crippen LogP contribution is 2.26. The molecule has 1 aromatic rings. The number of benzene rings is 1. The quantitative estimate of drug-likeness (QED) is 0.610. The maximum absolute atomic E-state index is 12.5. The van der Waals surface area contributed by atoms with E-state index in [2.05, 4.69) is 16.0 Å². The Balaban J connectivity index is 1.99. The fraction of sp³-hybridized carbons (Fsp3) is 0.600. The van der Waals surface area contributed by atoms with Gasteiger partial charge in [-0.25, -0.2) is 4.79 Å². The molecule has 150 valence electrons. The maximum atomic E-state index is 12.5. The molecule has 27 heavy (non-hydrogen) atoms. The SMILES string of the molecule is CC(C)(C)OC(=O)N[C@H](CO)C(=O)Nc1ccccc1NC1CCCCC1. The van der Waals surface area contributed by atoms with Crippen LogP contribution in [0.2, 0.25) is 0 Å². The molecule has 0 radical (unpaired) electrons. The number of amides is 2. The number of carbonyl (C=O) groups excluding carboxylic acids is 2. The van der Waals surface area contributed by atoms with Crippen LogP contribution in [0.1, 0.15) is 52.9 Å². The number of rotatable bonds is 6. The molecule has 7 heteroatoms. The highest BCUT2D eigenvalue weighted by Gasteiger charge is 2.24. The molecule has 2 rings (SSSR count). The number of anilines is 2. The van der Waals surface area contributed by atoms with Gasteiger partial charge >= 0.3 is 6.09 Å². The minimum Gasteiger partial charge on any atom is -0.444 e. The zero-order chi connectivity index (χ0) is 19.9. The topological polar surface area (TPSA) is 99.7 Å². The smallest absolute Gasteiger partial charge is 0.408 e. The molecule has 0 bridgehead atoms. The number of carbonyl (C=O) groups is 2. The Morgan fingerprint density at radius 3 is 2.37 bits per heavy atom. The highest BCUT2D eigenvalue weighted by molar-refractivity contribution is 5.99. The largest absolute Gasteiger partial charge is 0.444 e. The number of hydrogen-bond acceptors (Lipinski definition) is 5. The summed E-state index contributed by atoms with van der Waals surface area (Å²) in [5, 5.41) is 18.2. The molecular formula is C20H31N3O4. The Labute approximate surface area is 160 Å². The van der Waals surface area contributed by atoms with Crippen LogP contribution in [0.4, 0.5) is 16.2 Å². The summed E-state index contributed by atoms with van der Waals surface area (Å²) >= 11 is 0.